The zero-order chi connectivity index (χ0) is 94.3. The quantitative estimate of drug-likeness (QED) is 0.143. The van der Waals surface area contributed by atoms with Crippen molar-refractivity contribution in [2.45, 2.75) is 7.43 Å². The summed E-state index contributed by atoms with van der Waals surface area (Å²) in [4.78, 5) is 15.0. The first-order valence-corrected chi connectivity index (χ1v) is 51.5. The molecule has 0 atom stereocenters. The van der Waals surface area contributed by atoms with Gasteiger partial charge in [0.25, 0.3) is 0 Å². The molecule has 9 heteroatoms. The number of aromatic nitrogens is 6. The van der Waals surface area contributed by atoms with Crippen LogP contribution in [-0.4, -0.2) is 28.7 Å². The lowest BCUT2D eigenvalue weighted by Crippen LogP contribution is -1.96. The molecule has 0 N–H and O–H groups in total. The molecular weight excluding hydrogens is 1810 g/mol. The fraction of sp³-hybridized carbons (Fsp3) is 0.00735. The van der Waals surface area contributed by atoms with Crippen LogP contribution in [0.2, 0.25) is 0 Å². The van der Waals surface area contributed by atoms with Crippen LogP contribution in [0.4, 0.5) is 0 Å². The molecule has 0 aliphatic carbocycles. The number of para-hydroxylation sites is 6. The van der Waals surface area contributed by atoms with Gasteiger partial charge in [-0.05, 0) is 269 Å². The van der Waals surface area contributed by atoms with Crippen LogP contribution in [0.3, 0.4) is 0 Å². The summed E-state index contributed by atoms with van der Waals surface area (Å²) in [6, 6.07) is 171. The van der Waals surface area contributed by atoms with Gasteiger partial charge in [-0.2, -0.15) is 0 Å². The van der Waals surface area contributed by atoms with Gasteiger partial charge in [0.1, 0.15) is 11.6 Å². The number of rotatable bonds is 8. The van der Waals surface area contributed by atoms with Crippen LogP contribution in [0.1, 0.15) is 7.43 Å². The molecule has 0 saturated heterocycles. The standard InChI is InChI=1S/2C47H28N2S.C41H24N2S.CH4/c1-2-14-35-33(12-1)34-13-3-4-15-36(34)40-25-30(20-22-37(35)40)29-10-9-11-31(24-29)43-27-42-41-26-32(21-23-46(41)50-47(42)28-48-43)49-44-18-7-5-16-38(44)39-17-6-8-19-45(39)49;1-2-14-35-33(12-1)34-13-3-4-15-36(34)40-25-31(20-22-37(35)40)29-10-9-11-30(24-29)32-21-23-45-41(26-32)42-27-47(48-28-46(42)50-45)49-43-18-7-5-16-38(43)39-17-6-8-19-44(39)49;1-2-11-29-27(9-1)28-10-3-4-12-30(28)34-21-25(17-19-31(29)34)26-18-20-39-35(22-26)36-23-41(42-24-40(36)44-39)43-37-15-7-5-13-32(37)33-14-6-8-16-38(33)43;/h2*1-28H;1-24H;1H4. The summed E-state index contributed by atoms with van der Waals surface area (Å²) in [5.74, 6) is 1.89. The summed E-state index contributed by atoms with van der Waals surface area (Å²) in [6.45, 7) is 0. The Morgan fingerprint density at radius 3 is 0.683 bits per heavy atom. The summed E-state index contributed by atoms with van der Waals surface area (Å²) in [6.07, 6.45) is 6.15. The highest BCUT2D eigenvalue weighted by Crippen LogP contribution is 2.48. The molecule has 9 aromatic heterocycles. The highest BCUT2D eigenvalue weighted by Gasteiger charge is 2.23. The highest BCUT2D eigenvalue weighted by molar-refractivity contribution is 7.26. The van der Waals surface area contributed by atoms with E-state index < -0.39 is 0 Å². The third kappa shape index (κ3) is 13.5. The third-order valence-electron chi connectivity index (χ3n) is 30.1. The van der Waals surface area contributed by atoms with E-state index in [4.69, 9.17) is 15.0 Å². The molecule has 23 aromatic carbocycles. The number of pyridine rings is 3. The second kappa shape index (κ2) is 33.6. The number of hydrogen-bond donors (Lipinski definition) is 0. The Kier molecular flexibility index (Phi) is 19.4. The van der Waals surface area contributed by atoms with Crippen molar-refractivity contribution in [3.8, 4) is 73.1 Å². The van der Waals surface area contributed by atoms with Crippen LogP contribution in [0, 0.1) is 0 Å². The predicted molar refractivity (Wildman–Crippen MR) is 626 cm³/mol. The Morgan fingerprint density at radius 1 is 0.138 bits per heavy atom. The molecule has 0 fully saturated rings. The van der Waals surface area contributed by atoms with Crippen molar-refractivity contribution < 1.29 is 0 Å². The number of fused-ring (bicyclic) bond motifs is 36. The molecule has 0 unspecified atom stereocenters. The lowest BCUT2D eigenvalue weighted by atomic mass is 9.91. The van der Waals surface area contributed by atoms with Gasteiger partial charge in [0.05, 0.1) is 52.9 Å². The van der Waals surface area contributed by atoms with E-state index in [9.17, 15) is 0 Å². The van der Waals surface area contributed by atoms with Crippen molar-refractivity contribution in [2.24, 2.45) is 0 Å². The number of hydrogen-bond acceptors (Lipinski definition) is 6. The number of benzene rings is 23. The molecule has 0 aliphatic heterocycles. The van der Waals surface area contributed by atoms with Gasteiger partial charge in [-0.25, -0.2) is 9.97 Å². The van der Waals surface area contributed by atoms with Crippen molar-refractivity contribution in [1.29, 1.82) is 0 Å². The predicted octanol–water partition coefficient (Wildman–Crippen LogP) is 39.0. The van der Waals surface area contributed by atoms with E-state index in [2.05, 4.69) is 487 Å². The summed E-state index contributed by atoms with van der Waals surface area (Å²) >= 11 is 5.43. The molecule has 0 radical (unpaired) electrons. The maximum absolute atomic E-state index is 5.00. The van der Waals surface area contributed by atoms with E-state index >= 15 is 0 Å². The Labute approximate surface area is 845 Å². The fourth-order valence-electron chi connectivity index (χ4n) is 23.5. The van der Waals surface area contributed by atoms with E-state index in [0.29, 0.717) is 0 Å². The van der Waals surface area contributed by atoms with Gasteiger partial charge in [-0.15, -0.1) is 34.0 Å². The summed E-state index contributed by atoms with van der Waals surface area (Å²) in [5, 5.41) is 38.4. The van der Waals surface area contributed by atoms with Gasteiger partial charge in [-0.1, -0.05) is 347 Å². The first-order chi connectivity index (χ1) is 71.4. The van der Waals surface area contributed by atoms with Crippen molar-refractivity contribution in [2.75, 3.05) is 0 Å². The summed E-state index contributed by atoms with van der Waals surface area (Å²) in [7, 11) is 0. The van der Waals surface area contributed by atoms with Crippen LogP contribution < -0.4 is 0 Å². The third-order valence-corrected chi connectivity index (χ3v) is 33.4. The van der Waals surface area contributed by atoms with E-state index in [1.807, 2.05) is 46.4 Å². The number of thiophene rings is 3. The van der Waals surface area contributed by atoms with Gasteiger partial charge in [0.2, 0.25) is 0 Å². The average Bonchev–Trinajstić information content (AvgIpc) is 1.29. The smallest absolute Gasteiger partial charge is 0.138 e. The second-order valence-corrected chi connectivity index (χ2v) is 41.1. The molecular formula is C136H84N6S3. The van der Waals surface area contributed by atoms with Gasteiger partial charge in [0, 0.05) is 109 Å². The zero-order valence-electron chi connectivity index (χ0n) is 77.6. The highest BCUT2D eigenvalue weighted by atomic mass is 32.1. The zero-order valence-corrected chi connectivity index (χ0v) is 80.0. The van der Waals surface area contributed by atoms with E-state index in [-0.39, 0.29) is 7.43 Å². The first kappa shape index (κ1) is 83.8. The molecule has 0 bridgehead atoms. The maximum Gasteiger partial charge on any atom is 0.138 e. The van der Waals surface area contributed by atoms with Crippen LogP contribution >= 0.6 is 34.0 Å². The van der Waals surface area contributed by atoms with E-state index in [0.717, 1.165) is 22.9 Å². The Balaban J connectivity index is 0.000000103. The molecule has 9 heterocycles. The van der Waals surface area contributed by atoms with Crippen molar-refractivity contribution >= 4 is 257 Å². The Hall–Kier alpha value is -18.1. The first-order valence-electron chi connectivity index (χ1n) is 49.0. The van der Waals surface area contributed by atoms with Gasteiger partial charge in [0.15, 0.2) is 0 Å². The monoisotopic (exact) mass is 1900 g/mol. The molecule has 0 aliphatic rings. The largest absolute Gasteiger partial charge is 0.309 e. The molecule has 0 spiro atoms. The SMILES string of the molecule is C.c1cc(-c2ccc3c4ccccc4c4ccccc4c3c2)cc(-c2cc3c(cn2)sc2ccc(-n4c5ccccc5c5ccccc54)cc23)c1.c1cc(-c2ccc3sc4cnc(-n5c6ccccc6c6ccccc65)cc4c3c2)cc(-c2ccc3c4ccccc4c4ccccc4c3c2)c1.c1ccc2c(c1)c1ccccc1c1cc(-c3ccc4sc5cnc(-n6c7ccccc7c7ccccc76)cc5c4c3)ccc21. The van der Waals surface area contributed by atoms with Gasteiger partial charge in [-0.3, -0.25) is 14.1 Å². The normalized spacial score (nSPS) is 11.9. The molecule has 6 nitrogen and oxygen atoms in total. The molecule has 0 amide bonds. The molecule has 676 valence electrons. The van der Waals surface area contributed by atoms with E-state index in [1.54, 1.807) is 0 Å². The Morgan fingerprint density at radius 2 is 0.359 bits per heavy atom. The van der Waals surface area contributed by atoms with Crippen molar-refractivity contribution in [3.63, 3.8) is 0 Å². The molecule has 145 heavy (non-hydrogen) atoms. The van der Waals surface area contributed by atoms with Crippen LogP contribution in [0.25, 0.3) is 296 Å². The summed E-state index contributed by atoms with van der Waals surface area (Å²) in [5.41, 5.74) is 20.1. The molecule has 32 aromatic rings. The van der Waals surface area contributed by atoms with E-state index in [1.165, 1.54) is 273 Å². The minimum atomic E-state index is 0. The van der Waals surface area contributed by atoms with Crippen molar-refractivity contribution in [3.05, 3.63) is 486 Å². The average molecular weight is 1900 g/mol. The lowest BCUT2D eigenvalue weighted by Gasteiger charge is -2.12. The minimum Gasteiger partial charge on any atom is -0.309 e. The van der Waals surface area contributed by atoms with Crippen LogP contribution in [-0.2, 0) is 0 Å². The van der Waals surface area contributed by atoms with Crippen molar-refractivity contribution in [1.82, 2.24) is 28.7 Å². The molecule has 0 saturated carbocycles. The van der Waals surface area contributed by atoms with Gasteiger partial charge >= 0.3 is 0 Å². The number of nitrogens with zero attached hydrogens (tertiary/aromatic N) is 6. The fourth-order valence-corrected chi connectivity index (χ4v) is 26.6. The van der Waals surface area contributed by atoms with Gasteiger partial charge < -0.3 is 4.57 Å². The van der Waals surface area contributed by atoms with Crippen LogP contribution in [0.15, 0.2) is 486 Å². The maximum atomic E-state index is 5.00. The second-order valence-electron chi connectivity index (χ2n) is 37.9. The Bertz CT molecular complexity index is 10400. The topological polar surface area (TPSA) is 53.5 Å². The van der Waals surface area contributed by atoms with Crippen LogP contribution in [0.5, 0.6) is 0 Å². The lowest BCUT2D eigenvalue weighted by molar-refractivity contribution is 1.09. The minimum absolute atomic E-state index is 0. The molecule has 32 rings (SSSR count). The summed E-state index contributed by atoms with van der Waals surface area (Å²) < 4.78 is 14.4.